The number of carbonyl (C=O) groups is 1. The summed E-state index contributed by atoms with van der Waals surface area (Å²) in [6, 6.07) is 7.82. The first-order valence-electron chi connectivity index (χ1n) is 8.57. The summed E-state index contributed by atoms with van der Waals surface area (Å²) in [6.07, 6.45) is 3.00. The van der Waals surface area contributed by atoms with Crippen molar-refractivity contribution in [2.75, 3.05) is 13.1 Å². The lowest BCUT2D eigenvalue weighted by Crippen LogP contribution is -2.33. The molecule has 1 aromatic carbocycles. The Morgan fingerprint density at radius 2 is 2.08 bits per heavy atom. The van der Waals surface area contributed by atoms with Crippen molar-refractivity contribution in [2.24, 2.45) is 0 Å². The normalized spacial score (nSPS) is 14.4. The number of nitrogens with zero attached hydrogens (tertiary/aromatic N) is 3. The highest BCUT2D eigenvalue weighted by atomic mass is 16.5. The highest BCUT2D eigenvalue weighted by Crippen LogP contribution is 2.23. The number of carboxylic acid groups (broad SMARTS) is 1. The second kappa shape index (κ2) is 7.61. The van der Waals surface area contributed by atoms with Crippen LogP contribution in [0.1, 0.15) is 31.5 Å². The van der Waals surface area contributed by atoms with Crippen LogP contribution in [0.3, 0.4) is 0 Å². The van der Waals surface area contributed by atoms with E-state index in [0.29, 0.717) is 18.9 Å². The van der Waals surface area contributed by atoms with E-state index in [0.717, 1.165) is 35.5 Å². The molecule has 1 N–H and O–H groups in total. The van der Waals surface area contributed by atoms with Gasteiger partial charge in [-0.3, -0.25) is 9.69 Å². The van der Waals surface area contributed by atoms with Gasteiger partial charge in [0.2, 0.25) is 0 Å². The summed E-state index contributed by atoms with van der Waals surface area (Å²) in [5.41, 5.74) is 3.10. The standard InChI is InChI=1S/C19H23N3O3/c1-13(2)25-16-5-3-14(4-6-16)19-20-11-15-12-22(10-8-18(23)24)9-7-17(15)21-19/h3-6,11,13H,7-10,12H2,1-2H3,(H,23,24). The molecular weight excluding hydrogens is 318 g/mol. The average molecular weight is 341 g/mol. The van der Waals surface area contributed by atoms with Crippen molar-refractivity contribution in [3.8, 4) is 17.1 Å². The molecule has 0 atom stereocenters. The number of ether oxygens (including phenoxy) is 1. The van der Waals surface area contributed by atoms with Gasteiger partial charge in [0, 0.05) is 43.4 Å². The fourth-order valence-electron chi connectivity index (χ4n) is 2.91. The maximum Gasteiger partial charge on any atom is 0.304 e. The molecule has 25 heavy (non-hydrogen) atoms. The van der Waals surface area contributed by atoms with Crippen LogP contribution in [0.2, 0.25) is 0 Å². The third-order valence-corrected chi connectivity index (χ3v) is 4.14. The maximum absolute atomic E-state index is 10.7. The number of fused-ring (bicyclic) bond motifs is 1. The van der Waals surface area contributed by atoms with Gasteiger partial charge in [-0.25, -0.2) is 9.97 Å². The van der Waals surface area contributed by atoms with E-state index in [4.69, 9.17) is 14.8 Å². The van der Waals surface area contributed by atoms with Gasteiger partial charge in [0.15, 0.2) is 5.82 Å². The van der Waals surface area contributed by atoms with Crippen molar-refractivity contribution in [3.63, 3.8) is 0 Å². The Balaban J connectivity index is 1.71. The van der Waals surface area contributed by atoms with E-state index in [1.54, 1.807) is 0 Å². The topological polar surface area (TPSA) is 75.6 Å². The molecule has 1 aliphatic heterocycles. The summed E-state index contributed by atoms with van der Waals surface area (Å²) >= 11 is 0. The van der Waals surface area contributed by atoms with Crippen LogP contribution in [0.4, 0.5) is 0 Å². The first-order valence-corrected chi connectivity index (χ1v) is 8.57. The first kappa shape index (κ1) is 17.4. The summed E-state index contributed by atoms with van der Waals surface area (Å²) in [7, 11) is 0. The van der Waals surface area contributed by atoms with E-state index in [9.17, 15) is 4.79 Å². The number of aliphatic carboxylic acids is 1. The lowest BCUT2D eigenvalue weighted by molar-refractivity contribution is -0.137. The number of benzene rings is 1. The molecule has 2 aromatic rings. The lowest BCUT2D eigenvalue weighted by atomic mass is 10.1. The zero-order chi connectivity index (χ0) is 17.8. The molecule has 6 nitrogen and oxygen atoms in total. The molecule has 6 heteroatoms. The largest absolute Gasteiger partial charge is 0.491 e. The minimum absolute atomic E-state index is 0.148. The van der Waals surface area contributed by atoms with Gasteiger partial charge in [-0.1, -0.05) is 0 Å². The predicted octanol–water partition coefficient (Wildman–Crippen LogP) is 2.76. The molecule has 0 amide bonds. The Hall–Kier alpha value is -2.47. The van der Waals surface area contributed by atoms with Crippen molar-refractivity contribution in [1.82, 2.24) is 14.9 Å². The maximum atomic E-state index is 10.7. The molecule has 0 aliphatic carbocycles. The molecule has 0 spiro atoms. The van der Waals surface area contributed by atoms with E-state index >= 15 is 0 Å². The lowest BCUT2D eigenvalue weighted by Gasteiger charge is -2.27. The number of rotatable bonds is 6. The van der Waals surface area contributed by atoms with Crippen LogP contribution in [0.5, 0.6) is 5.75 Å². The second-order valence-electron chi connectivity index (χ2n) is 6.53. The van der Waals surface area contributed by atoms with Crippen molar-refractivity contribution in [3.05, 3.63) is 41.7 Å². The minimum atomic E-state index is -0.762. The fourth-order valence-corrected chi connectivity index (χ4v) is 2.91. The number of aromatic nitrogens is 2. The quantitative estimate of drug-likeness (QED) is 0.871. The number of carboxylic acids is 1. The van der Waals surface area contributed by atoms with Crippen LogP contribution in [0.15, 0.2) is 30.5 Å². The highest BCUT2D eigenvalue weighted by molar-refractivity contribution is 5.66. The molecule has 3 rings (SSSR count). The Morgan fingerprint density at radius 3 is 2.76 bits per heavy atom. The summed E-state index contributed by atoms with van der Waals surface area (Å²) in [4.78, 5) is 22.0. The van der Waals surface area contributed by atoms with Crippen LogP contribution >= 0.6 is 0 Å². The fraction of sp³-hybridized carbons (Fsp3) is 0.421. The third-order valence-electron chi connectivity index (χ3n) is 4.14. The molecule has 132 valence electrons. The van der Waals surface area contributed by atoms with Crippen LogP contribution < -0.4 is 4.74 Å². The SMILES string of the molecule is CC(C)Oc1ccc(-c2ncc3c(n2)CCN(CCC(=O)O)C3)cc1. The molecule has 0 bridgehead atoms. The zero-order valence-corrected chi connectivity index (χ0v) is 14.6. The zero-order valence-electron chi connectivity index (χ0n) is 14.6. The number of hydrogen-bond donors (Lipinski definition) is 1. The van der Waals surface area contributed by atoms with Gasteiger partial charge in [0.1, 0.15) is 5.75 Å². The van der Waals surface area contributed by atoms with Crippen LogP contribution in [-0.2, 0) is 17.8 Å². The van der Waals surface area contributed by atoms with Crippen LogP contribution in [-0.4, -0.2) is 45.1 Å². The summed E-state index contributed by atoms with van der Waals surface area (Å²) in [5, 5.41) is 8.81. The van der Waals surface area contributed by atoms with E-state index in [-0.39, 0.29) is 12.5 Å². The second-order valence-corrected chi connectivity index (χ2v) is 6.53. The Bertz CT molecular complexity index is 744. The molecule has 1 aliphatic rings. The van der Waals surface area contributed by atoms with Gasteiger partial charge < -0.3 is 9.84 Å². The van der Waals surface area contributed by atoms with Crippen molar-refractivity contribution in [1.29, 1.82) is 0 Å². The molecule has 0 saturated carbocycles. The molecule has 0 radical (unpaired) electrons. The van der Waals surface area contributed by atoms with E-state index in [1.807, 2.05) is 44.3 Å². The molecule has 1 aromatic heterocycles. The van der Waals surface area contributed by atoms with E-state index in [1.165, 1.54) is 0 Å². The smallest absolute Gasteiger partial charge is 0.304 e. The Morgan fingerprint density at radius 1 is 1.32 bits per heavy atom. The van der Waals surface area contributed by atoms with E-state index < -0.39 is 5.97 Å². The van der Waals surface area contributed by atoms with Crippen LogP contribution in [0.25, 0.3) is 11.4 Å². The predicted molar refractivity (Wildman–Crippen MR) is 94.5 cm³/mol. The highest BCUT2D eigenvalue weighted by Gasteiger charge is 2.19. The monoisotopic (exact) mass is 341 g/mol. The van der Waals surface area contributed by atoms with Gasteiger partial charge in [-0.05, 0) is 38.1 Å². The number of hydrogen-bond acceptors (Lipinski definition) is 5. The first-order chi connectivity index (χ1) is 12.0. The van der Waals surface area contributed by atoms with Crippen molar-refractivity contribution < 1.29 is 14.6 Å². The van der Waals surface area contributed by atoms with Gasteiger partial charge in [0.25, 0.3) is 0 Å². The van der Waals surface area contributed by atoms with E-state index in [2.05, 4.69) is 9.88 Å². The Labute approximate surface area is 147 Å². The summed E-state index contributed by atoms with van der Waals surface area (Å²) in [6.45, 7) is 6.11. The molecule has 0 fully saturated rings. The Kier molecular flexibility index (Phi) is 5.28. The van der Waals surface area contributed by atoms with Crippen molar-refractivity contribution >= 4 is 5.97 Å². The van der Waals surface area contributed by atoms with Crippen molar-refractivity contribution in [2.45, 2.75) is 39.3 Å². The van der Waals surface area contributed by atoms with Crippen LogP contribution in [0, 0.1) is 0 Å². The minimum Gasteiger partial charge on any atom is -0.491 e. The molecule has 0 unspecified atom stereocenters. The van der Waals surface area contributed by atoms with Gasteiger partial charge >= 0.3 is 5.97 Å². The molecule has 0 saturated heterocycles. The van der Waals surface area contributed by atoms with Gasteiger partial charge in [0.05, 0.1) is 18.2 Å². The summed E-state index contributed by atoms with van der Waals surface area (Å²) in [5.74, 6) is 0.793. The third kappa shape index (κ3) is 4.54. The van der Waals surface area contributed by atoms with Gasteiger partial charge in [-0.15, -0.1) is 0 Å². The molecule has 2 heterocycles. The summed E-state index contributed by atoms with van der Waals surface area (Å²) < 4.78 is 5.66. The average Bonchev–Trinajstić information content (AvgIpc) is 2.59. The molecular formula is C19H23N3O3. The van der Waals surface area contributed by atoms with Gasteiger partial charge in [-0.2, -0.15) is 0 Å².